The predicted molar refractivity (Wildman–Crippen MR) is 139 cm³/mol. The van der Waals surface area contributed by atoms with Gasteiger partial charge in [-0.1, -0.05) is 26.0 Å². The minimum Gasteiger partial charge on any atom is -0.462 e. The van der Waals surface area contributed by atoms with Crippen LogP contribution in [-0.2, 0) is 28.5 Å². The number of aliphatic hydroxyl groups is 2. The zero-order chi connectivity index (χ0) is 27.7. The molecule has 0 aromatic rings. The van der Waals surface area contributed by atoms with Gasteiger partial charge < -0.3 is 29.2 Å². The first kappa shape index (κ1) is 27.8. The van der Waals surface area contributed by atoms with E-state index in [-0.39, 0.29) is 23.7 Å². The van der Waals surface area contributed by atoms with Gasteiger partial charge in [0.25, 0.3) is 0 Å². The molecule has 5 aliphatic rings. The van der Waals surface area contributed by atoms with Gasteiger partial charge in [-0.05, 0) is 76.2 Å². The molecule has 5 fully saturated rings. The first-order valence-electron chi connectivity index (χ1n) is 14.2. The van der Waals surface area contributed by atoms with Gasteiger partial charge >= 0.3 is 11.9 Å². The molecular formula is C30H44O8. The standard InChI is InChI=1S/C30H44O8/c1-18-7-9-21(26(2,3)23(18)22(31)15-20-12-14-35-24(20)32)10-8-19-11-13-30(36-16-19)28(6)17-29(34,25(33)37-30)27(4,5)38-28/h15,19,21-23,31,34H,1,7-14,16-17H2,2-6H3. The van der Waals surface area contributed by atoms with Crippen LogP contribution in [0.2, 0.25) is 0 Å². The Kier molecular flexibility index (Phi) is 6.70. The van der Waals surface area contributed by atoms with Crippen molar-refractivity contribution < 1.29 is 38.7 Å². The lowest BCUT2D eigenvalue weighted by Crippen LogP contribution is -2.65. The van der Waals surface area contributed by atoms with Crippen LogP contribution in [0.15, 0.2) is 23.8 Å². The number of fused-ring (bicyclic) bond motifs is 3. The molecule has 5 rings (SSSR count). The fraction of sp³-hybridized carbons (Fsp3) is 0.800. The molecule has 0 amide bonds. The van der Waals surface area contributed by atoms with Gasteiger partial charge in [0.1, 0.15) is 11.2 Å². The van der Waals surface area contributed by atoms with Crippen LogP contribution < -0.4 is 0 Å². The van der Waals surface area contributed by atoms with Gasteiger partial charge in [-0.15, -0.1) is 0 Å². The van der Waals surface area contributed by atoms with Crippen molar-refractivity contribution in [2.24, 2.45) is 23.2 Å². The minimum absolute atomic E-state index is 0.128. The zero-order valence-corrected chi connectivity index (χ0v) is 23.5. The molecule has 0 aromatic heterocycles. The molecule has 2 bridgehead atoms. The smallest absolute Gasteiger partial charge is 0.343 e. The number of aliphatic hydroxyl groups excluding tert-OH is 1. The van der Waals surface area contributed by atoms with Crippen LogP contribution in [0.1, 0.15) is 86.0 Å². The maximum absolute atomic E-state index is 12.8. The van der Waals surface area contributed by atoms with Gasteiger partial charge in [0.2, 0.25) is 5.79 Å². The second-order valence-electron chi connectivity index (χ2n) is 13.6. The van der Waals surface area contributed by atoms with Crippen molar-refractivity contribution >= 4 is 11.9 Å². The molecule has 4 heterocycles. The van der Waals surface area contributed by atoms with Crippen LogP contribution in [0.5, 0.6) is 0 Å². The first-order chi connectivity index (χ1) is 17.6. The molecule has 38 heavy (non-hydrogen) atoms. The molecule has 1 saturated carbocycles. The highest BCUT2D eigenvalue weighted by Gasteiger charge is 2.75. The molecular weight excluding hydrogens is 488 g/mol. The van der Waals surface area contributed by atoms with Crippen LogP contribution >= 0.6 is 0 Å². The van der Waals surface area contributed by atoms with Crippen molar-refractivity contribution in [1.82, 2.24) is 0 Å². The van der Waals surface area contributed by atoms with Crippen molar-refractivity contribution in [1.29, 1.82) is 0 Å². The Morgan fingerprint density at radius 2 is 1.84 bits per heavy atom. The van der Waals surface area contributed by atoms with Gasteiger partial charge in [-0.2, -0.15) is 0 Å². The zero-order valence-electron chi connectivity index (χ0n) is 23.5. The molecule has 1 aliphatic carbocycles. The molecule has 4 aliphatic heterocycles. The fourth-order valence-corrected chi connectivity index (χ4v) is 7.99. The SMILES string of the molecule is C=C1CCC(CCC2CCC3(OC2)OC(=O)C2(O)CC3(C)OC2(C)C)C(C)(C)C1C(O)C=C1CCOC1=O. The summed E-state index contributed by atoms with van der Waals surface area (Å²) in [6, 6.07) is 0. The average Bonchev–Trinajstić information content (AvgIpc) is 3.29. The number of hydrogen-bond acceptors (Lipinski definition) is 8. The Bertz CT molecular complexity index is 1030. The Balaban J connectivity index is 1.21. The molecule has 7 unspecified atom stereocenters. The lowest BCUT2D eigenvalue weighted by atomic mass is 9.57. The van der Waals surface area contributed by atoms with Gasteiger partial charge in [-0.25, -0.2) is 9.59 Å². The first-order valence-corrected chi connectivity index (χ1v) is 14.2. The Morgan fingerprint density at radius 3 is 2.47 bits per heavy atom. The van der Waals surface area contributed by atoms with E-state index >= 15 is 0 Å². The van der Waals surface area contributed by atoms with Crippen LogP contribution in [0.4, 0.5) is 0 Å². The summed E-state index contributed by atoms with van der Waals surface area (Å²) >= 11 is 0. The lowest BCUT2D eigenvalue weighted by molar-refractivity contribution is -0.334. The summed E-state index contributed by atoms with van der Waals surface area (Å²) in [6.45, 7) is 14.9. The summed E-state index contributed by atoms with van der Waals surface area (Å²) < 4.78 is 23.5. The summed E-state index contributed by atoms with van der Waals surface area (Å²) in [4.78, 5) is 24.8. The van der Waals surface area contributed by atoms with Crippen LogP contribution in [0, 0.1) is 23.2 Å². The van der Waals surface area contributed by atoms with Gasteiger partial charge in [0, 0.05) is 30.8 Å². The number of carbonyl (C=O) groups is 2. The lowest BCUT2D eigenvalue weighted by Gasteiger charge is -2.51. The van der Waals surface area contributed by atoms with E-state index in [9.17, 15) is 19.8 Å². The molecule has 2 N–H and O–H groups in total. The molecule has 4 saturated heterocycles. The van der Waals surface area contributed by atoms with Crippen LogP contribution in [0.25, 0.3) is 0 Å². The number of ether oxygens (including phenoxy) is 4. The number of carbonyl (C=O) groups excluding carboxylic acids is 2. The summed E-state index contributed by atoms with van der Waals surface area (Å²) in [6.07, 6.45) is 6.82. The van der Waals surface area contributed by atoms with Gasteiger partial charge in [0.15, 0.2) is 5.60 Å². The second kappa shape index (κ2) is 9.15. The van der Waals surface area contributed by atoms with E-state index in [1.165, 1.54) is 0 Å². The van der Waals surface area contributed by atoms with Gasteiger partial charge in [-0.3, -0.25) is 0 Å². The summed E-state index contributed by atoms with van der Waals surface area (Å²) in [5, 5.41) is 22.1. The highest BCUT2D eigenvalue weighted by Crippen LogP contribution is 2.58. The topological polar surface area (TPSA) is 112 Å². The molecule has 7 atom stereocenters. The molecule has 0 aromatic carbocycles. The monoisotopic (exact) mass is 532 g/mol. The minimum atomic E-state index is -1.67. The Labute approximate surface area is 225 Å². The van der Waals surface area contributed by atoms with Crippen molar-refractivity contribution in [3.8, 4) is 0 Å². The van der Waals surface area contributed by atoms with Crippen molar-refractivity contribution in [2.75, 3.05) is 13.2 Å². The van der Waals surface area contributed by atoms with Crippen LogP contribution in [-0.4, -0.2) is 64.1 Å². The van der Waals surface area contributed by atoms with E-state index in [4.69, 9.17) is 18.9 Å². The van der Waals surface area contributed by atoms with Crippen molar-refractivity contribution in [2.45, 2.75) is 115 Å². The van der Waals surface area contributed by atoms with E-state index in [1.54, 1.807) is 19.9 Å². The van der Waals surface area contributed by atoms with Crippen molar-refractivity contribution in [3.63, 3.8) is 0 Å². The quantitative estimate of drug-likeness (QED) is 0.311. The highest BCUT2D eigenvalue weighted by atomic mass is 16.8. The third-order valence-corrected chi connectivity index (χ3v) is 10.5. The number of hydrogen-bond donors (Lipinski definition) is 2. The van der Waals surface area contributed by atoms with E-state index in [0.717, 1.165) is 37.7 Å². The second-order valence-corrected chi connectivity index (χ2v) is 13.6. The fourth-order valence-electron chi connectivity index (χ4n) is 7.99. The molecule has 1 spiro atoms. The molecule has 8 nitrogen and oxygen atoms in total. The average molecular weight is 533 g/mol. The normalized spacial score (nSPS) is 43.8. The maximum Gasteiger partial charge on any atom is 0.343 e. The Morgan fingerprint density at radius 1 is 1.11 bits per heavy atom. The molecule has 0 radical (unpaired) electrons. The predicted octanol–water partition coefficient (Wildman–Crippen LogP) is 3.98. The van der Waals surface area contributed by atoms with E-state index in [0.29, 0.717) is 43.5 Å². The van der Waals surface area contributed by atoms with E-state index in [1.807, 2.05) is 6.92 Å². The number of rotatable bonds is 5. The summed E-state index contributed by atoms with van der Waals surface area (Å²) in [5.74, 6) is -1.59. The largest absolute Gasteiger partial charge is 0.462 e. The molecule has 212 valence electrons. The van der Waals surface area contributed by atoms with Crippen LogP contribution in [0.3, 0.4) is 0 Å². The summed E-state index contributed by atoms with van der Waals surface area (Å²) in [5.41, 5.74) is -2.21. The number of esters is 2. The van der Waals surface area contributed by atoms with E-state index < -0.39 is 34.7 Å². The maximum atomic E-state index is 12.8. The highest BCUT2D eigenvalue weighted by molar-refractivity contribution is 5.90. The third kappa shape index (κ3) is 4.18. The van der Waals surface area contributed by atoms with Gasteiger partial charge in [0.05, 0.1) is 19.3 Å². The summed E-state index contributed by atoms with van der Waals surface area (Å²) in [7, 11) is 0. The third-order valence-electron chi connectivity index (χ3n) is 10.5. The Hall–Kier alpha value is -1.74. The van der Waals surface area contributed by atoms with E-state index in [2.05, 4.69) is 20.4 Å². The number of cyclic esters (lactones) is 1. The van der Waals surface area contributed by atoms with Crippen molar-refractivity contribution in [3.05, 3.63) is 23.8 Å². The molecule has 8 heteroatoms.